The van der Waals surface area contributed by atoms with E-state index in [4.69, 9.17) is 4.74 Å². The van der Waals surface area contributed by atoms with Gasteiger partial charge in [-0.15, -0.1) is 0 Å². The summed E-state index contributed by atoms with van der Waals surface area (Å²) in [7, 11) is -2.28. The Kier molecular flexibility index (Phi) is 6.34. The van der Waals surface area contributed by atoms with Crippen LogP contribution in [0.15, 0.2) is 53.4 Å². The van der Waals surface area contributed by atoms with E-state index in [2.05, 4.69) is 17.4 Å². The van der Waals surface area contributed by atoms with Crippen LogP contribution >= 0.6 is 0 Å². The van der Waals surface area contributed by atoms with Crippen LogP contribution in [0, 0.1) is 0 Å². The number of methoxy groups -OCH3 is 1. The fourth-order valence-corrected chi connectivity index (χ4v) is 6.00. The van der Waals surface area contributed by atoms with E-state index < -0.39 is 10.0 Å². The van der Waals surface area contributed by atoms with Gasteiger partial charge in [0.05, 0.1) is 7.11 Å². The molecule has 1 saturated carbocycles. The van der Waals surface area contributed by atoms with Crippen molar-refractivity contribution >= 4 is 15.9 Å². The van der Waals surface area contributed by atoms with Gasteiger partial charge >= 0.3 is 0 Å². The molecule has 2 aliphatic rings. The van der Waals surface area contributed by atoms with Crippen LogP contribution in [0.1, 0.15) is 54.4 Å². The molecule has 6 nitrogen and oxygen atoms in total. The predicted molar refractivity (Wildman–Crippen MR) is 120 cm³/mol. The predicted octanol–water partition coefficient (Wildman–Crippen LogP) is 3.72. The van der Waals surface area contributed by atoms with Crippen molar-refractivity contribution in [2.24, 2.45) is 0 Å². The molecule has 0 aromatic heterocycles. The van der Waals surface area contributed by atoms with E-state index in [1.54, 1.807) is 12.1 Å². The lowest BCUT2D eigenvalue weighted by atomic mass is 9.96. The molecule has 0 atom stereocenters. The number of hydrogen-bond acceptors (Lipinski definition) is 4. The van der Waals surface area contributed by atoms with Gasteiger partial charge in [0, 0.05) is 30.6 Å². The zero-order chi connectivity index (χ0) is 21.9. The average Bonchev–Trinajstić information content (AvgIpc) is 3.62. The second kappa shape index (κ2) is 9.01. The van der Waals surface area contributed by atoms with E-state index >= 15 is 0 Å². The molecule has 1 aliphatic heterocycles. The van der Waals surface area contributed by atoms with Gasteiger partial charge in [-0.05, 0) is 49.4 Å². The molecule has 4 rings (SSSR count). The largest absolute Gasteiger partial charge is 0.495 e. The number of carbonyl (C=O) groups is 1. The minimum Gasteiger partial charge on any atom is -0.495 e. The number of nitrogens with one attached hydrogen (secondary N) is 1. The third-order valence-corrected chi connectivity index (χ3v) is 8.36. The Morgan fingerprint density at radius 3 is 2.32 bits per heavy atom. The molecule has 0 radical (unpaired) electrons. The summed E-state index contributed by atoms with van der Waals surface area (Å²) in [6, 6.07) is 14.9. The standard InChI is InChI=1S/C24H30N2O4S/c1-30-21-12-11-19(17-22(21)31(28,29)26-15-7-2-3-8-16-26)23(27)25-18-24(13-14-24)20-9-5-4-6-10-20/h4-6,9-12,17H,2-3,7-8,13-16,18H2,1H3,(H,25,27). The lowest BCUT2D eigenvalue weighted by molar-refractivity contribution is 0.0949. The Morgan fingerprint density at radius 1 is 1.03 bits per heavy atom. The summed E-state index contributed by atoms with van der Waals surface area (Å²) in [6.07, 6.45) is 5.85. The first-order valence-corrected chi connectivity index (χ1v) is 12.4. The number of amides is 1. The summed E-state index contributed by atoms with van der Waals surface area (Å²) >= 11 is 0. The highest BCUT2D eigenvalue weighted by Gasteiger charge is 2.44. The molecule has 2 fully saturated rings. The second-order valence-corrected chi connectivity index (χ2v) is 10.4. The number of sulfonamides is 1. The maximum atomic E-state index is 13.3. The second-order valence-electron chi connectivity index (χ2n) is 8.51. The van der Waals surface area contributed by atoms with Crippen molar-refractivity contribution in [3.05, 3.63) is 59.7 Å². The van der Waals surface area contributed by atoms with E-state index in [9.17, 15) is 13.2 Å². The number of carbonyl (C=O) groups excluding carboxylic acids is 1. The van der Waals surface area contributed by atoms with Crippen LogP contribution in [0.4, 0.5) is 0 Å². The lowest BCUT2D eigenvalue weighted by Crippen LogP contribution is -2.33. The summed E-state index contributed by atoms with van der Waals surface area (Å²) < 4.78 is 33.5. The molecule has 7 heteroatoms. The first kappa shape index (κ1) is 21.8. The summed E-state index contributed by atoms with van der Waals surface area (Å²) in [4.78, 5) is 13.0. The topological polar surface area (TPSA) is 75.7 Å². The molecule has 2 aromatic carbocycles. The summed E-state index contributed by atoms with van der Waals surface area (Å²) in [6.45, 7) is 1.54. The van der Waals surface area contributed by atoms with Gasteiger partial charge in [-0.2, -0.15) is 4.31 Å². The number of benzene rings is 2. The van der Waals surface area contributed by atoms with E-state index in [1.807, 2.05) is 18.2 Å². The van der Waals surface area contributed by atoms with Crippen LogP contribution in [-0.4, -0.2) is 45.4 Å². The van der Waals surface area contributed by atoms with Crippen LogP contribution in [0.2, 0.25) is 0 Å². The number of nitrogens with zero attached hydrogens (tertiary/aromatic N) is 1. The van der Waals surface area contributed by atoms with Crippen molar-refractivity contribution in [2.75, 3.05) is 26.7 Å². The molecule has 1 aliphatic carbocycles. The molecule has 1 heterocycles. The van der Waals surface area contributed by atoms with Gasteiger partial charge < -0.3 is 10.1 Å². The van der Waals surface area contributed by atoms with Crippen molar-refractivity contribution in [3.8, 4) is 5.75 Å². The van der Waals surface area contributed by atoms with Crippen molar-refractivity contribution in [1.29, 1.82) is 0 Å². The molecule has 1 saturated heterocycles. The molecule has 31 heavy (non-hydrogen) atoms. The van der Waals surface area contributed by atoms with E-state index in [0.717, 1.165) is 38.5 Å². The van der Waals surface area contributed by atoms with Crippen molar-refractivity contribution in [1.82, 2.24) is 9.62 Å². The fourth-order valence-electron chi connectivity index (χ4n) is 4.30. The highest BCUT2D eigenvalue weighted by Crippen LogP contribution is 2.47. The van der Waals surface area contributed by atoms with E-state index in [1.165, 1.54) is 23.0 Å². The lowest BCUT2D eigenvalue weighted by Gasteiger charge is -2.22. The van der Waals surface area contributed by atoms with Gasteiger partial charge in [0.2, 0.25) is 10.0 Å². The molecule has 1 N–H and O–H groups in total. The van der Waals surface area contributed by atoms with Crippen LogP contribution in [0.5, 0.6) is 5.75 Å². The van der Waals surface area contributed by atoms with E-state index in [-0.39, 0.29) is 22.0 Å². The summed E-state index contributed by atoms with van der Waals surface area (Å²) in [5.74, 6) is 0.000853. The first-order chi connectivity index (χ1) is 15.0. The molecular formula is C24H30N2O4S. The third kappa shape index (κ3) is 4.62. The number of rotatable bonds is 7. The van der Waals surface area contributed by atoms with Gasteiger partial charge in [0.25, 0.3) is 5.91 Å². The maximum absolute atomic E-state index is 13.3. The van der Waals surface area contributed by atoms with Gasteiger partial charge in [-0.1, -0.05) is 43.2 Å². The van der Waals surface area contributed by atoms with Crippen LogP contribution in [0.25, 0.3) is 0 Å². The van der Waals surface area contributed by atoms with Gasteiger partial charge in [0.1, 0.15) is 10.6 Å². The van der Waals surface area contributed by atoms with Crippen molar-refractivity contribution in [3.63, 3.8) is 0 Å². The summed E-state index contributed by atoms with van der Waals surface area (Å²) in [5.41, 5.74) is 1.55. The van der Waals surface area contributed by atoms with Crippen molar-refractivity contribution in [2.45, 2.75) is 48.8 Å². The fraction of sp³-hybridized carbons (Fsp3) is 0.458. The van der Waals surface area contributed by atoms with E-state index in [0.29, 0.717) is 25.2 Å². The normalized spacial score (nSPS) is 18.7. The molecule has 1 amide bonds. The third-order valence-electron chi connectivity index (χ3n) is 6.44. The quantitative estimate of drug-likeness (QED) is 0.709. The Bertz CT molecular complexity index is 1020. The van der Waals surface area contributed by atoms with Gasteiger partial charge in [-0.3, -0.25) is 4.79 Å². The zero-order valence-corrected chi connectivity index (χ0v) is 18.8. The number of ether oxygens (including phenoxy) is 1. The molecule has 0 bridgehead atoms. The summed E-state index contributed by atoms with van der Waals surface area (Å²) in [5, 5.41) is 3.02. The minimum atomic E-state index is -3.73. The van der Waals surface area contributed by atoms with Crippen LogP contribution < -0.4 is 10.1 Å². The monoisotopic (exact) mass is 442 g/mol. The average molecular weight is 443 g/mol. The number of hydrogen-bond donors (Lipinski definition) is 1. The molecule has 2 aromatic rings. The zero-order valence-electron chi connectivity index (χ0n) is 18.0. The van der Waals surface area contributed by atoms with Gasteiger partial charge in [0.15, 0.2) is 0 Å². The van der Waals surface area contributed by atoms with Crippen molar-refractivity contribution < 1.29 is 17.9 Å². The molecule has 166 valence electrons. The van der Waals surface area contributed by atoms with Gasteiger partial charge in [-0.25, -0.2) is 8.42 Å². The molecular weight excluding hydrogens is 412 g/mol. The Morgan fingerprint density at radius 2 is 1.71 bits per heavy atom. The Balaban J connectivity index is 1.53. The SMILES string of the molecule is COc1ccc(C(=O)NCC2(c3ccccc3)CC2)cc1S(=O)(=O)N1CCCCCC1. The Hall–Kier alpha value is -2.38. The smallest absolute Gasteiger partial charge is 0.251 e. The van der Waals surface area contributed by atoms with Crippen LogP contribution in [0.3, 0.4) is 0 Å². The minimum absolute atomic E-state index is 0.00958. The Labute approximate surface area is 184 Å². The first-order valence-electron chi connectivity index (χ1n) is 11.0. The highest BCUT2D eigenvalue weighted by molar-refractivity contribution is 7.89. The molecule has 0 unspecified atom stereocenters. The van der Waals surface area contributed by atoms with Crippen LogP contribution in [-0.2, 0) is 15.4 Å². The highest BCUT2D eigenvalue weighted by atomic mass is 32.2. The molecule has 0 spiro atoms. The maximum Gasteiger partial charge on any atom is 0.251 e.